The number of fused-ring (bicyclic) bond motifs is 1. The smallest absolute Gasteiger partial charge is 0.336 e. The molecule has 1 aliphatic heterocycles. The monoisotopic (exact) mass is 371 g/mol. The summed E-state index contributed by atoms with van der Waals surface area (Å²) in [6.45, 7) is 7.72. The Bertz CT molecular complexity index is 847. The number of carboxylic acid groups (broad SMARTS) is 1. The van der Waals surface area contributed by atoms with Crippen LogP contribution in [0.4, 0.5) is 5.69 Å². The molecule has 0 saturated carbocycles. The van der Waals surface area contributed by atoms with Crippen LogP contribution < -0.4 is 9.64 Å². The first kappa shape index (κ1) is 18.3. The Morgan fingerprint density at radius 2 is 2.15 bits per heavy atom. The predicted molar refractivity (Wildman–Crippen MR) is 105 cm³/mol. The third-order valence-electron chi connectivity index (χ3n) is 4.44. The molecule has 2 aromatic carbocycles. The lowest BCUT2D eigenvalue weighted by Crippen LogP contribution is -2.30. The molecule has 1 heterocycles. The molecule has 2 aromatic rings. The number of hydrogen-bond acceptors (Lipinski definition) is 3. The highest BCUT2D eigenvalue weighted by atomic mass is 35.5. The van der Waals surface area contributed by atoms with Gasteiger partial charge in [0.05, 0.1) is 5.56 Å². The van der Waals surface area contributed by atoms with Crippen molar-refractivity contribution in [2.75, 3.05) is 18.1 Å². The van der Waals surface area contributed by atoms with Crippen molar-refractivity contribution >= 4 is 23.3 Å². The van der Waals surface area contributed by atoms with E-state index in [-0.39, 0.29) is 0 Å². The average molecular weight is 372 g/mol. The van der Waals surface area contributed by atoms with Crippen LogP contribution in [0.15, 0.2) is 48.6 Å². The summed E-state index contributed by atoms with van der Waals surface area (Å²) in [5.41, 5.74) is 4.18. The zero-order valence-electron chi connectivity index (χ0n) is 14.8. The SMILES string of the molecule is C=C(C)COc1ccc(Cl)cc1CN1CCCc2c(C(=O)O)cccc21. The van der Waals surface area contributed by atoms with Gasteiger partial charge in [0.15, 0.2) is 0 Å². The maximum Gasteiger partial charge on any atom is 0.336 e. The summed E-state index contributed by atoms with van der Waals surface area (Å²) in [7, 11) is 0. The van der Waals surface area contributed by atoms with Gasteiger partial charge >= 0.3 is 5.97 Å². The summed E-state index contributed by atoms with van der Waals surface area (Å²) in [5, 5.41) is 10.1. The van der Waals surface area contributed by atoms with Crippen LogP contribution in [-0.2, 0) is 13.0 Å². The van der Waals surface area contributed by atoms with Gasteiger partial charge in [-0.2, -0.15) is 0 Å². The Kier molecular flexibility index (Phi) is 5.52. The Morgan fingerprint density at radius 1 is 1.35 bits per heavy atom. The van der Waals surface area contributed by atoms with Crippen molar-refractivity contribution < 1.29 is 14.6 Å². The average Bonchev–Trinajstić information content (AvgIpc) is 2.60. The number of halogens is 1. The van der Waals surface area contributed by atoms with E-state index in [1.165, 1.54) is 0 Å². The Balaban J connectivity index is 1.91. The lowest BCUT2D eigenvalue weighted by Gasteiger charge is -2.32. The van der Waals surface area contributed by atoms with E-state index in [2.05, 4.69) is 11.5 Å². The largest absolute Gasteiger partial charge is 0.489 e. The number of aromatic carboxylic acids is 1. The minimum Gasteiger partial charge on any atom is -0.489 e. The lowest BCUT2D eigenvalue weighted by molar-refractivity contribution is 0.0695. The van der Waals surface area contributed by atoms with Gasteiger partial charge in [0.25, 0.3) is 0 Å². The Labute approximate surface area is 158 Å². The van der Waals surface area contributed by atoms with Crippen molar-refractivity contribution in [2.45, 2.75) is 26.3 Å². The van der Waals surface area contributed by atoms with Crippen molar-refractivity contribution in [2.24, 2.45) is 0 Å². The van der Waals surface area contributed by atoms with Crippen LogP contribution in [0.1, 0.15) is 34.8 Å². The molecule has 4 nitrogen and oxygen atoms in total. The van der Waals surface area contributed by atoms with E-state index in [0.717, 1.165) is 47.5 Å². The van der Waals surface area contributed by atoms with E-state index >= 15 is 0 Å². The minimum atomic E-state index is -0.878. The van der Waals surface area contributed by atoms with Gasteiger partial charge in [0, 0.05) is 29.4 Å². The molecule has 0 saturated heterocycles. The molecule has 0 aromatic heterocycles. The molecule has 1 aliphatic rings. The summed E-state index contributed by atoms with van der Waals surface area (Å²) in [6, 6.07) is 11.1. The molecule has 0 spiro atoms. The second-order valence-corrected chi connectivity index (χ2v) is 7.07. The van der Waals surface area contributed by atoms with E-state index in [0.29, 0.717) is 23.7 Å². The van der Waals surface area contributed by atoms with Gasteiger partial charge in [-0.1, -0.05) is 24.2 Å². The third kappa shape index (κ3) is 4.02. The summed E-state index contributed by atoms with van der Waals surface area (Å²) in [5.74, 6) is -0.101. The highest BCUT2D eigenvalue weighted by molar-refractivity contribution is 6.30. The fraction of sp³-hybridized carbons (Fsp3) is 0.286. The normalized spacial score (nSPS) is 13.2. The van der Waals surface area contributed by atoms with Crippen LogP contribution in [0.3, 0.4) is 0 Å². The number of nitrogens with zero attached hydrogens (tertiary/aromatic N) is 1. The second kappa shape index (κ2) is 7.83. The zero-order valence-corrected chi connectivity index (χ0v) is 15.6. The zero-order chi connectivity index (χ0) is 18.7. The molecule has 0 bridgehead atoms. The van der Waals surface area contributed by atoms with Crippen LogP contribution >= 0.6 is 11.6 Å². The molecule has 0 fully saturated rings. The van der Waals surface area contributed by atoms with Crippen LogP contribution in [0.25, 0.3) is 0 Å². The topological polar surface area (TPSA) is 49.8 Å². The van der Waals surface area contributed by atoms with Crippen LogP contribution in [0, 0.1) is 0 Å². The molecule has 0 atom stereocenters. The number of benzene rings is 2. The Morgan fingerprint density at radius 3 is 2.88 bits per heavy atom. The molecule has 0 aliphatic carbocycles. The molecule has 136 valence electrons. The number of carbonyl (C=O) groups is 1. The molecule has 0 radical (unpaired) electrons. The number of anilines is 1. The van der Waals surface area contributed by atoms with E-state index in [4.69, 9.17) is 16.3 Å². The van der Waals surface area contributed by atoms with Crippen molar-refractivity contribution in [1.82, 2.24) is 0 Å². The predicted octanol–water partition coefficient (Wildman–Crippen LogP) is 4.95. The molecular weight excluding hydrogens is 350 g/mol. The number of rotatable bonds is 6. The quantitative estimate of drug-likeness (QED) is 0.730. The summed E-state index contributed by atoms with van der Waals surface area (Å²) >= 11 is 6.19. The van der Waals surface area contributed by atoms with E-state index in [1.807, 2.05) is 31.2 Å². The van der Waals surface area contributed by atoms with Crippen LogP contribution in [0.2, 0.25) is 5.02 Å². The highest BCUT2D eigenvalue weighted by Gasteiger charge is 2.23. The van der Waals surface area contributed by atoms with Crippen LogP contribution in [-0.4, -0.2) is 24.2 Å². The van der Waals surface area contributed by atoms with Gasteiger partial charge in [-0.3, -0.25) is 0 Å². The number of hydrogen-bond donors (Lipinski definition) is 1. The van der Waals surface area contributed by atoms with Crippen LogP contribution in [0.5, 0.6) is 5.75 Å². The molecule has 0 unspecified atom stereocenters. The van der Waals surface area contributed by atoms with Gasteiger partial charge in [-0.05, 0) is 61.2 Å². The van der Waals surface area contributed by atoms with E-state index in [9.17, 15) is 9.90 Å². The second-order valence-electron chi connectivity index (χ2n) is 6.63. The van der Waals surface area contributed by atoms with E-state index in [1.54, 1.807) is 12.1 Å². The van der Waals surface area contributed by atoms with Crippen molar-refractivity contribution in [3.05, 3.63) is 70.3 Å². The first-order valence-corrected chi connectivity index (χ1v) is 8.99. The summed E-state index contributed by atoms with van der Waals surface area (Å²) in [4.78, 5) is 13.7. The highest BCUT2D eigenvalue weighted by Crippen LogP contribution is 2.33. The molecular formula is C21H22ClNO3. The standard InChI is InChI=1S/C21H22ClNO3/c1-14(2)13-26-20-9-8-16(22)11-15(20)12-23-10-4-6-17-18(21(24)25)5-3-7-19(17)23/h3,5,7-9,11H,1,4,6,10,12-13H2,2H3,(H,24,25). The van der Waals surface area contributed by atoms with Crippen molar-refractivity contribution in [3.8, 4) is 5.75 Å². The van der Waals surface area contributed by atoms with Gasteiger partial charge in [-0.15, -0.1) is 0 Å². The number of carboxylic acids is 1. The molecule has 3 rings (SSSR count). The van der Waals surface area contributed by atoms with Crippen molar-refractivity contribution in [3.63, 3.8) is 0 Å². The summed E-state index contributed by atoms with van der Waals surface area (Å²) in [6.07, 6.45) is 1.70. The van der Waals surface area contributed by atoms with Gasteiger partial charge in [-0.25, -0.2) is 4.79 Å². The molecule has 1 N–H and O–H groups in total. The van der Waals surface area contributed by atoms with E-state index < -0.39 is 5.97 Å². The van der Waals surface area contributed by atoms with Gasteiger partial charge in [0.2, 0.25) is 0 Å². The minimum absolute atomic E-state index is 0.386. The number of ether oxygens (including phenoxy) is 1. The molecule has 5 heteroatoms. The van der Waals surface area contributed by atoms with Gasteiger partial charge < -0.3 is 14.7 Å². The fourth-order valence-electron chi connectivity index (χ4n) is 3.28. The molecule has 26 heavy (non-hydrogen) atoms. The Hall–Kier alpha value is -2.46. The maximum absolute atomic E-state index is 11.5. The lowest BCUT2D eigenvalue weighted by atomic mass is 9.96. The molecule has 0 amide bonds. The fourth-order valence-corrected chi connectivity index (χ4v) is 3.48. The summed E-state index contributed by atoms with van der Waals surface area (Å²) < 4.78 is 5.87. The van der Waals surface area contributed by atoms with Crippen molar-refractivity contribution in [1.29, 1.82) is 0 Å². The maximum atomic E-state index is 11.5. The first-order valence-electron chi connectivity index (χ1n) is 8.61. The van der Waals surface area contributed by atoms with Gasteiger partial charge in [0.1, 0.15) is 12.4 Å². The third-order valence-corrected chi connectivity index (χ3v) is 4.67. The first-order chi connectivity index (χ1) is 12.5.